The zero-order valence-electron chi connectivity index (χ0n) is 4.51. The number of nitrogens with zero attached hydrogens (tertiary/aromatic N) is 2. The number of carbonyl (C=O) groups excluding carboxylic acids is 1. The molecule has 10 heavy (non-hydrogen) atoms. The summed E-state index contributed by atoms with van der Waals surface area (Å²) in [6, 6.07) is -1.05. The highest BCUT2D eigenvalue weighted by molar-refractivity contribution is 5.76. The molecule has 0 aromatic carbocycles. The second kappa shape index (κ2) is 1.93. The second-order valence-electron chi connectivity index (χ2n) is 1.61. The fraction of sp³-hybridized carbons (Fsp3) is 0.667. The average molecular weight is 153 g/mol. The average Bonchev–Trinajstić information content (AvgIpc) is 2.11. The Hall–Kier alpha value is -1.14. The van der Waals surface area contributed by atoms with E-state index >= 15 is 0 Å². The first-order chi connectivity index (χ1) is 4.50. The summed E-state index contributed by atoms with van der Waals surface area (Å²) in [5, 5.41) is 6.76. The van der Waals surface area contributed by atoms with Gasteiger partial charge in [-0.15, -0.1) is 5.11 Å². The number of alkyl halides is 3. The number of nitrogens with one attached hydrogen (secondary N) is 1. The minimum atomic E-state index is -4.53. The Morgan fingerprint density at radius 3 is 2.30 bits per heavy atom. The van der Waals surface area contributed by atoms with Crippen molar-refractivity contribution in [3.8, 4) is 0 Å². The Labute approximate surface area is 53.1 Å². The summed E-state index contributed by atoms with van der Waals surface area (Å²) < 4.78 is 34.7. The van der Waals surface area contributed by atoms with Crippen LogP contribution in [0.1, 0.15) is 0 Å². The quantitative estimate of drug-likeness (QED) is 0.555. The van der Waals surface area contributed by atoms with Crippen molar-refractivity contribution in [2.45, 2.75) is 12.3 Å². The van der Waals surface area contributed by atoms with Crippen molar-refractivity contribution >= 4 is 6.03 Å². The molecule has 0 saturated carbocycles. The van der Waals surface area contributed by atoms with Gasteiger partial charge in [-0.25, -0.2) is 4.79 Å². The predicted octanol–water partition coefficient (Wildman–Crippen LogP) is 1.05. The largest absolute Gasteiger partial charge is 0.431 e. The van der Waals surface area contributed by atoms with Gasteiger partial charge in [0, 0.05) is 0 Å². The molecule has 0 fully saturated rings. The highest BCUT2D eigenvalue weighted by Gasteiger charge is 2.43. The third-order valence-corrected chi connectivity index (χ3v) is 0.834. The molecule has 4 nitrogen and oxygen atoms in total. The van der Waals surface area contributed by atoms with Gasteiger partial charge in [0.15, 0.2) is 0 Å². The highest BCUT2D eigenvalue weighted by Crippen LogP contribution is 2.23. The molecule has 1 atom stereocenters. The number of carbonyl (C=O) groups is 1. The molecule has 56 valence electrons. The lowest BCUT2D eigenvalue weighted by Gasteiger charge is -2.08. The summed E-state index contributed by atoms with van der Waals surface area (Å²) in [6.07, 6.45) is -6.68. The first kappa shape index (κ1) is 6.97. The molecule has 0 aromatic heterocycles. The van der Waals surface area contributed by atoms with Crippen LogP contribution < -0.4 is 5.32 Å². The lowest BCUT2D eigenvalue weighted by atomic mass is 10.5. The molecule has 1 rings (SSSR count). The summed E-state index contributed by atoms with van der Waals surface area (Å²) in [7, 11) is 0. The van der Waals surface area contributed by atoms with Crippen LogP contribution in [0.4, 0.5) is 18.0 Å². The van der Waals surface area contributed by atoms with E-state index in [2.05, 4.69) is 10.2 Å². The summed E-state index contributed by atoms with van der Waals surface area (Å²) in [6.45, 7) is 0. The van der Waals surface area contributed by atoms with E-state index < -0.39 is 18.4 Å². The van der Waals surface area contributed by atoms with Crippen molar-refractivity contribution in [1.29, 1.82) is 0 Å². The Bertz CT molecular complexity index is 186. The van der Waals surface area contributed by atoms with E-state index in [1.54, 1.807) is 0 Å². The fourth-order valence-corrected chi connectivity index (χ4v) is 0.432. The van der Waals surface area contributed by atoms with Crippen molar-refractivity contribution in [2.75, 3.05) is 0 Å². The van der Waals surface area contributed by atoms with Crippen molar-refractivity contribution in [2.24, 2.45) is 10.2 Å². The van der Waals surface area contributed by atoms with E-state index in [9.17, 15) is 18.0 Å². The molecule has 1 N–H and O–H groups in total. The Morgan fingerprint density at radius 2 is 2.10 bits per heavy atom. The van der Waals surface area contributed by atoms with E-state index in [4.69, 9.17) is 0 Å². The molecule has 0 aliphatic carbocycles. The Morgan fingerprint density at radius 1 is 1.50 bits per heavy atom. The second-order valence-corrected chi connectivity index (χ2v) is 1.61. The molecule has 1 heterocycles. The van der Waals surface area contributed by atoms with Crippen LogP contribution in [0.3, 0.4) is 0 Å². The van der Waals surface area contributed by atoms with Gasteiger partial charge < -0.3 is 5.32 Å². The molecular weight excluding hydrogens is 151 g/mol. The molecule has 1 aliphatic heterocycles. The summed E-state index contributed by atoms with van der Waals surface area (Å²) in [4.78, 5) is 10.0. The summed E-state index contributed by atoms with van der Waals surface area (Å²) in [5.41, 5.74) is 0. The van der Waals surface area contributed by atoms with Gasteiger partial charge in [0.05, 0.1) is 0 Å². The molecule has 0 bridgehead atoms. The number of halogens is 3. The van der Waals surface area contributed by atoms with Gasteiger partial charge in [-0.2, -0.15) is 13.2 Å². The van der Waals surface area contributed by atoms with E-state index in [-0.39, 0.29) is 0 Å². The first-order valence-corrected chi connectivity index (χ1v) is 2.28. The van der Waals surface area contributed by atoms with Gasteiger partial charge in [-0.3, -0.25) is 0 Å². The highest BCUT2D eigenvalue weighted by atomic mass is 19.4. The lowest BCUT2D eigenvalue weighted by molar-refractivity contribution is -0.149. The van der Waals surface area contributed by atoms with Gasteiger partial charge in [-0.05, 0) is 0 Å². The van der Waals surface area contributed by atoms with E-state index in [1.807, 2.05) is 0 Å². The van der Waals surface area contributed by atoms with Gasteiger partial charge in [0.25, 0.3) is 0 Å². The number of amides is 2. The van der Waals surface area contributed by atoms with Gasteiger partial charge in [-0.1, -0.05) is 5.11 Å². The number of rotatable bonds is 0. The zero-order chi connectivity index (χ0) is 7.78. The van der Waals surface area contributed by atoms with Crippen molar-refractivity contribution in [3.05, 3.63) is 0 Å². The third kappa shape index (κ3) is 1.23. The third-order valence-electron chi connectivity index (χ3n) is 0.834. The SMILES string of the molecule is O=C1N=NC(C(F)(F)F)N1. The summed E-state index contributed by atoms with van der Waals surface area (Å²) >= 11 is 0. The van der Waals surface area contributed by atoms with E-state index in [0.717, 1.165) is 0 Å². The number of hydrogen-bond donors (Lipinski definition) is 1. The monoisotopic (exact) mass is 153 g/mol. The fourth-order valence-electron chi connectivity index (χ4n) is 0.432. The normalized spacial score (nSPS) is 25.1. The maximum atomic E-state index is 11.6. The van der Waals surface area contributed by atoms with Crippen molar-refractivity contribution < 1.29 is 18.0 Å². The standard InChI is InChI=1S/C3H2F3N3O/c4-3(5,6)1-7-2(10)9-8-1/h1H,(H,7,10). The molecule has 1 unspecified atom stereocenters. The Kier molecular flexibility index (Phi) is 1.34. The van der Waals surface area contributed by atoms with Gasteiger partial charge in [0.1, 0.15) is 0 Å². The number of azo groups is 1. The van der Waals surface area contributed by atoms with Crippen molar-refractivity contribution in [3.63, 3.8) is 0 Å². The molecule has 7 heteroatoms. The van der Waals surface area contributed by atoms with E-state index in [1.165, 1.54) is 5.32 Å². The molecule has 2 amide bonds. The lowest BCUT2D eigenvalue weighted by Crippen LogP contribution is -2.38. The van der Waals surface area contributed by atoms with Crippen LogP contribution in [0.5, 0.6) is 0 Å². The number of urea groups is 1. The molecule has 0 spiro atoms. The molecular formula is C3H2F3N3O. The molecule has 0 saturated heterocycles. The van der Waals surface area contributed by atoms with Crippen LogP contribution in [-0.2, 0) is 0 Å². The molecule has 0 aromatic rings. The van der Waals surface area contributed by atoms with Gasteiger partial charge >= 0.3 is 12.2 Å². The number of hydrogen-bond acceptors (Lipinski definition) is 2. The first-order valence-electron chi connectivity index (χ1n) is 2.28. The van der Waals surface area contributed by atoms with Crippen molar-refractivity contribution in [1.82, 2.24) is 5.32 Å². The van der Waals surface area contributed by atoms with E-state index in [0.29, 0.717) is 0 Å². The van der Waals surface area contributed by atoms with Gasteiger partial charge in [0.2, 0.25) is 6.17 Å². The van der Waals surface area contributed by atoms with Crippen LogP contribution in [-0.4, -0.2) is 18.4 Å². The van der Waals surface area contributed by atoms with Crippen LogP contribution in [0, 0.1) is 0 Å². The minimum Gasteiger partial charge on any atom is -0.304 e. The van der Waals surface area contributed by atoms with Crippen LogP contribution in [0.2, 0.25) is 0 Å². The summed E-state index contributed by atoms with van der Waals surface area (Å²) in [5.74, 6) is 0. The van der Waals surface area contributed by atoms with Crippen LogP contribution >= 0.6 is 0 Å². The predicted molar refractivity (Wildman–Crippen MR) is 23.2 cm³/mol. The maximum absolute atomic E-state index is 11.6. The maximum Gasteiger partial charge on any atom is 0.431 e. The van der Waals surface area contributed by atoms with Crippen LogP contribution in [0.25, 0.3) is 0 Å². The smallest absolute Gasteiger partial charge is 0.304 e. The molecule has 0 radical (unpaired) electrons. The molecule has 1 aliphatic rings. The zero-order valence-corrected chi connectivity index (χ0v) is 4.51. The van der Waals surface area contributed by atoms with Crippen LogP contribution in [0.15, 0.2) is 10.2 Å². The Balaban J connectivity index is 2.63. The minimum absolute atomic E-state index is 1.05. The topological polar surface area (TPSA) is 53.8 Å².